The van der Waals surface area contributed by atoms with Crippen molar-refractivity contribution >= 4 is 58.1 Å². The van der Waals surface area contributed by atoms with Crippen LogP contribution in [0.2, 0.25) is 15.1 Å². The van der Waals surface area contributed by atoms with Gasteiger partial charge in [0.2, 0.25) is 0 Å². The molecule has 4 aliphatic carbocycles. The first kappa shape index (κ1) is 25.8. The molecule has 0 aliphatic heterocycles. The van der Waals surface area contributed by atoms with Crippen LogP contribution in [0.15, 0.2) is 40.8 Å². The molecule has 2 N–H and O–H groups in total. The molecule has 0 spiro atoms. The summed E-state index contributed by atoms with van der Waals surface area (Å²) in [6, 6.07) is 3.19. The fourth-order valence-corrected chi connectivity index (χ4v) is 9.36. The number of ketones is 2. The average molecular weight is 556 g/mol. The van der Waals surface area contributed by atoms with Crippen LogP contribution in [0.1, 0.15) is 46.0 Å². The summed E-state index contributed by atoms with van der Waals surface area (Å²) < 4.78 is 0. The molecule has 5 rings (SSSR count). The summed E-state index contributed by atoms with van der Waals surface area (Å²) in [7, 11) is 0. The van der Waals surface area contributed by atoms with E-state index in [1.54, 1.807) is 24.3 Å². The normalized spacial score (nSPS) is 40.1. The second kappa shape index (κ2) is 8.89. The van der Waals surface area contributed by atoms with Gasteiger partial charge in [0, 0.05) is 21.6 Å². The Balaban J connectivity index is 1.39. The second-order valence-corrected chi connectivity index (χ2v) is 13.3. The summed E-state index contributed by atoms with van der Waals surface area (Å²) in [5.74, 6) is 0.0655. The van der Waals surface area contributed by atoms with Gasteiger partial charge in [-0.1, -0.05) is 60.3 Å². The lowest BCUT2D eigenvalue weighted by molar-refractivity contribution is -0.174. The molecule has 35 heavy (non-hydrogen) atoms. The Labute approximate surface area is 225 Å². The van der Waals surface area contributed by atoms with E-state index in [1.165, 1.54) is 11.8 Å². The van der Waals surface area contributed by atoms with E-state index >= 15 is 0 Å². The summed E-state index contributed by atoms with van der Waals surface area (Å²) in [5.41, 5.74) is -1.52. The number of carbonyl (C=O) groups excluding carboxylic acids is 2. The van der Waals surface area contributed by atoms with Crippen molar-refractivity contribution in [3.63, 3.8) is 0 Å². The summed E-state index contributed by atoms with van der Waals surface area (Å²) in [6.45, 7) is 4.10. The monoisotopic (exact) mass is 554 g/mol. The smallest absolute Gasteiger partial charge is 0.178 e. The van der Waals surface area contributed by atoms with Crippen LogP contribution < -0.4 is 0 Å². The van der Waals surface area contributed by atoms with Crippen molar-refractivity contribution in [2.45, 2.75) is 62.6 Å². The number of thioether (sulfide) groups is 1. The fraction of sp³-hybridized carbons (Fsp3) is 0.556. The molecule has 0 radical (unpaired) electrons. The number of benzene rings is 1. The summed E-state index contributed by atoms with van der Waals surface area (Å²) in [6.07, 6.45) is 7.76. The van der Waals surface area contributed by atoms with Gasteiger partial charge in [-0.2, -0.15) is 0 Å². The predicted molar refractivity (Wildman–Crippen MR) is 140 cm³/mol. The summed E-state index contributed by atoms with van der Waals surface area (Å²) >= 11 is 19.7. The van der Waals surface area contributed by atoms with Crippen molar-refractivity contribution in [3.05, 3.63) is 51.0 Å². The molecule has 0 heterocycles. The number of hydrogen-bond acceptors (Lipinski definition) is 5. The number of halogens is 3. The molecule has 0 saturated heterocycles. The maximum atomic E-state index is 13.5. The molecule has 0 aromatic heterocycles. The molecule has 3 saturated carbocycles. The lowest BCUT2D eigenvalue weighted by atomic mass is 9.46. The van der Waals surface area contributed by atoms with Crippen LogP contribution in [0, 0.1) is 28.6 Å². The standard InChI is InChI=1S/C27H29Cl3O4S/c1-25-7-5-15(31)9-14(25)3-4-16-17-6-8-27(34,26(17,2)12-21(32)24(16)25)23(33)13-35-22-11-19(29)18(28)10-20(22)30/h5,7,9-11,16-17,21,24,32,34H,3-4,6,8,12-13H2,1-2H3/t16?,17?,21?,24?,25?,26?,27-/m0/s1. The average Bonchev–Trinajstić information content (AvgIpc) is 3.06. The first-order valence-electron chi connectivity index (χ1n) is 12.1. The topological polar surface area (TPSA) is 74.6 Å². The van der Waals surface area contributed by atoms with Crippen molar-refractivity contribution in [2.75, 3.05) is 5.75 Å². The van der Waals surface area contributed by atoms with Crippen LogP contribution in [0.25, 0.3) is 0 Å². The van der Waals surface area contributed by atoms with Gasteiger partial charge in [-0.25, -0.2) is 0 Å². The van der Waals surface area contributed by atoms with Crippen LogP contribution in [-0.4, -0.2) is 39.2 Å². The highest BCUT2D eigenvalue weighted by molar-refractivity contribution is 8.00. The summed E-state index contributed by atoms with van der Waals surface area (Å²) in [4.78, 5) is 26.2. The number of hydrogen-bond donors (Lipinski definition) is 2. The van der Waals surface area contributed by atoms with Gasteiger partial charge in [0.15, 0.2) is 11.6 Å². The minimum atomic E-state index is -1.52. The predicted octanol–water partition coefficient (Wildman–Crippen LogP) is 6.32. The molecule has 1 aromatic rings. The van der Waals surface area contributed by atoms with Gasteiger partial charge in [0.25, 0.3) is 0 Å². The Morgan fingerprint density at radius 1 is 1.14 bits per heavy atom. The van der Waals surface area contributed by atoms with Crippen molar-refractivity contribution < 1.29 is 19.8 Å². The highest BCUT2D eigenvalue weighted by Crippen LogP contribution is 2.67. The van der Waals surface area contributed by atoms with Gasteiger partial charge in [0.1, 0.15) is 5.60 Å². The molecule has 7 atom stereocenters. The Hall–Kier alpha value is -0.820. The number of Topliss-reactive ketones (excluding diaryl/α,β-unsaturated/α-hetero) is 1. The van der Waals surface area contributed by atoms with E-state index in [4.69, 9.17) is 34.8 Å². The van der Waals surface area contributed by atoms with Gasteiger partial charge in [-0.3, -0.25) is 9.59 Å². The molecule has 8 heteroatoms. The summed E-state index contributed by atoms with van der Waals surface area (Å²) in [5, 5.41) is 24.5. The molecule has 4 nitrogen and oxygen atoms in total. The van der Waals surface area contributed by atoms with Gasteiger partial charge >= 0.3 is 0 Å². The van der Waals surface area contributed by atoms with Crippen molar-refractivity contribution in [2.24, 2.45) is 28.6 Å². The first-order chi connectivity index (χ1) is 16.4. The first-order valence-corrected chi connectivity index (χ1v) is 14.2. The zero-order chi connectivity index (χ0) is 25.3. The van der Waals surface area contributed by atoms with Crippen LogP contribution in [0.3, 0.4) is 0 Å². The minimum Gasteiger partial charge on any atom is -0.393 e. The number of rotatable bonds is 4. The van der Waals surface area contributed by atoms with Gasteiger partial charge in [-0.15, -0.1) is 11.8 Å². The molecule has 0 amide bonds. The third-order valence-electron chi connectivity index (χ3n) is 9.44. The zero-order valence-corrected chi connectivity index (χ0v) is 22.8. The van der Waals surface area contributed by atoms with Crippen LogP contribution in [0.4, 0.5) is 0 Å². The van der Waals surface area contributed by atoms with Gasteiger partial charge < -0.3 is 10.2 Å². The Kier molecular flexibility index (Phi) is 6.55. The molecule has 4 aliphatic rings. The Morgan fingerprint density at radius 3 is 2.60 bits per heavy atom. The molecule has 6 unspecified atom stereocenters. The molecule has 0 bridgehead atoms. The molecular weight excluding hydrogens is 527 g/mol. The van der Waals surface area contributed by atoms with Crippen LogP contribution in [0.5, 0.6) is 0 Å². The molecular formula is C27H29Cl3O4S. The van der Waals surface area contributed by atoms with E-state index in [1.807, 2.05) is 13.0 Å². The highest BCUT2D eigenvalue weighted by atomic mass is 35.5. The Bertz CT molecular complexity index is 1170. The van der Waals surface area contributed by atoms with Crippen LogP contribution in [-0.2, 0) is 9.59 Å². The van der Waals surface area contributed by atoms with E-state index in [-0.39, 0.29) is 40.5 Å². The van der Waals surface area contributed by atoms with Gasteiger partial charge in [0.05, 0.1) is 26.9 Å². The van der Waals surface area contributed by atoms with E-state index < -0.39 is 17.1 Å². The maximum absolute atomic E-state index is 13.5. The molecule has 3 fully saturated rings. The van der Waals surface area contributed by atoms with E-state index in [0.717, 1.165) is 24.8 Å². The number of fused-ring (bicyclic) bond motifs is 5. The second-order valence-electron chi connectivity index (χ2n) is 11.0. The largest absolute Gasteiger partial charge is 0.393 e. The highest BCUT2D eigenvalue weighted by Gasteiger charge is 2.67. The minimum absolute atomic E-state index is 0.00600. The maximum Gasteiger partial charge on any atom is 0.178 e. The zero-order valence-electron chi connectivity index (χ0n) is 19.7. The van der Waals surface area contributed by atoms with E-state index in [9.17, 15) is 19.8 Å². The quantitative estimate of drug-likeness (QED) is 0.336. The number of allylic oxidation sites excluding steroid dienone is 4. The lowest BCUT2D eigenvalue weighted by Gasteiger charge is -2.59. The number of carbonyl (C=O) groups is 2. The SMILES string of the molecule is CC12C=CC(=O)C=C1CCC1C2C(O)CC2(C)C1CC[C@]2(O)C(=O)CSc1cc(Cl)c(Cl)cc1Cl. The fourth-order valence-electron chi connectivity index (χ4n) is 7.67. The van der Waals surface area contributed by atoms with E-state index in [2.05, 4.69) is 6.92 Å². The Morgan fingerprint density at radius 2 is 1.86 bits per heavy atom. The van der Waals surface area contributed by atoms with Crippen molar-refractivity contribution in [1.82, 2.24) is 0 Å². The number of aliphatic hydroxyl groups excluding tert-OH is 1. The third-order valence-corrected chi connectivity index (χ3v) is 11.6. The van der Waals surface area contributed by atoms with Crippen LogP contribution >= 0.6 is 46.6 Å². The third kappa shape index (κ3) is 3.88. The number of aliphatic hydroxyl groups is 2. The van der Waals surface area contributed by atoms with Crippen molar-refractivity contribution in [3.8, 4) is 0 Å². The lowest BCUT2D eigenvalue weighted by Crippen LogP contribution is -2.61. The van der Waals surface area contributed by atoms with Gasteiger partial charge in [-0.05, 0) is 68.2 Å². The molecule has 1 aromatic carbocycles. The molecule has 188 valence electrons. The van der Waals surface area contributed by atoms with E-state index in [0.29, 0.717) is 32.8 Å². The van der Waals surface area contributed by atoms with Crippen molar-refractivity contribution in [1.29, 1.82) is 0 Å².